The molecule has 0 radical (unpaired) electrons. The highest BCUT2D eigenvalue weighted by Gasteiger charge is 2.33. The molecule has 2 atom stereocenters. The van der Waals surface area contributed by atoms with Gasteiger partial charge in [0.05, 0.1) is 12.4 Å². The van der Waals surface area contributed by atoms with E-state index in [0.29, 0.717) is 31.2 Å². The molecule has 6 heteroatoms. The van der Waals surface area contributed by atoms with Crippen LogP contribution in [0.5, 0.6) is 5.75 Å². The van der Waals surface area contributed by atoms with Gasteiger partial charge in [0.15, 0.2) is 17.3 Å². The Balaban J connectivity index is 2.20. The van der Waals surface area contributed by atoms with Gasteiger partial charge in [-0.3, -0.25) is 4.79 Å². The Morgan fingerprint density at radius 1 is 1.33 bits per heavy atom. The Morgan fingerprint density at radius 3 is 2.67 bits per heavy atom. The van der Waals surface area contributed by atoms with Crippen molar-refractivity contribution in [1.29, 1.82) is 0 Å². The van der Waals surface area contributed by atoms with Crippen molar-refractivity contribution in [2.24, 2.45) is 5.92 Å². The van der Waals surface area contributed by atoms with E-state index in [1.54, 1.807) is 0 Å². The Kier molecular flexibility index (Phi) is 4.66. The number of methoxy groups -OCH3 is 1. The first-order valence-corrected chi connectivity index (χ1v) is 8.85. The summed E-state index contributed by atoms with van der Waals surface area (Å²) in [5.74, 6) is -0.960. The largest absolute Gasteiger partial charge is 0.494 e. The van der Waals surface area contributed by atoms with Crippen LogP contribution in [-0.2, 0) is 9.84 Å². The number of ketones is 1. The summed E-state index contributed by atoms with van der Waals surface area (Å²) in [7, 11) is -1.79. The van der Waals surface area contributed by atoms with Gasteiger partial charge in [-0.15, -0.1) is 0 Å². The zero-order chi connectivity index (χ0) is 15.6. The van der Waals surface area contributed by atoms with Gasteiger partial charge < -0.3 is 4.74 Å². The molecular formula is C15H19FO4S. The van der Waals surface area contributed by atoms with Crippen LogP contribution in [0.15, 0.2) is 18.2 Å². The minimum absolute atomic E-state index is 0.0244. The molecule has 0 heterocycles. The summed E-state index contributed by atoms with van der Waals surface area (Å²) in [5, 5.41) is -0.456. The molecule has 1 saturated carbocycles. The van der Waals surface area contributed by atoms with Gasteiger partial charge in [0.2, 0.25) is 0 Å². The molecule has 116 valence electrons. The predicted molar refractivity (Wildman–Crippen MR) is 77.9 cm³/mol. The van der Waals surface area contributed by atoms with E-state index in [-0.39, 0.29) is 17.5 Å². The van der Waals surface area contributed by atoms with E-state index < -0.39 is 20.9 Å². The standard InChI is InChI=1S/C15H19FO4S/c1-20-14-9-11(6-7-13(14)16)15(17)10-4-3-5-12(8-10)21(2,18)19/h6-7,9-10,12H,3-5,8H2,1-2H3. The minimum Gasteiger partial charge on any atom is -0.494 e. The number of Topliss-reactive ketones (excluding diaryl/α,β-unsaturated/α-hetero) is 1. The molecule has 0 spiro atoms. The highest BCUT2D eigenvalue weighted by atomic mass is 32.2. The maximum absolute atomic E-state index is 13.4. The Labute approximate surface area is 124 Å². The number of hydrogen-bond donors (Lipinski definition) is 0. The molecular weight excluding hydrogens is 295 g/mol. The second kappa shape index (κ2) is 6.13. The van der Waals surface area contributed by atoms with E-state index in [4.69, 9.17) is 4.74 Å². The lowest BCUT2D eigenvalue weighted by Gasteiger charge is -2.27. The van der Waals surface area contributed by atoms with Crippen molar-refractivity contribution in [3.8, 4) is 5.75 Å². The van der Waals surface area contributed by atoms with Crippen LogP contribution >= 0.6 is 0 Å². The van der Waals surface area contributed by atoms with Crippen LogP contribution in [0.2, 0.25) is 0 Å². The minimum atomic E-state index is -3.13. The highest BCUT2D eigenvalue weighted by molar-refractivity contribution is 7.91. The molecule has 0 N–H and O–H groups in total. The first-order chi connectivity index (χ1) is 9.82. The van der Waals surface area contributed by atoms with E-state index in [9.17, 15) is 17.6 Å². The van der Waals surface area contributed by atoms with Crippen molar-refractivity contribution in [3.05, 3.63) is 29.6 Å². The van der Waals surface area contributed by atoms with Crippen LogP contribution in [0.1, 0.15) is 36.0 Å². The molecule has 1 aromatic carbocycles. The monoisotopic (exact) mass is 314 g/mol. The van der Waals surface area contributed by atoms with Crippen LogP contribution in [0.25, 0.3) is 0 Å². The summed E-state index contributed by atoms with van der Waals surface area (Å²) in [6.07, 6.45) is 3.55. The Morgan fingerprint density at radius 2 is 2.05 bits per heavy atom. The third kappa shape index (κ3) is 3.61. The summed E-state index contributed by atoms with van der Waals surface area (Å²) < 4.78 is 41.6. The van der Waals surface area contributed by atoms with Gasteiger partial charge in [-0.1, -0.05) is 6.42 Å². The first-order valence-electron chi connectivity index (χ1n) is 6.89. The van der Waals surface area contributed by atoms with Crippen molar-refractivity contribution in [2.75, 3.05) is 13.4 Å². The van der Waals surface area contributed by atoms with Crippen molar-refractivity contribution < 1.29 is 22.3 Å². The SMILES string of the molecule is COc1cc(C(=O)C2CCCC(S(C)(=O)=O)C2)ccc1F. The molecule has 21 heavy (non-hydrogen) atoms. The average molecular weight is 314 g/mol. The van der Waals surface area contributed by atoms with Gasteiger partial charge in [0, 0.05) is 17.7 Å². The van der Waals surface area contributed by atoms with E-state index in [2.05, 4.69) is 0 Å². The van der Waals surface area contributed by atoms with E-state index >= 15 is 0 Å². The molecule has 1 fully saturated rings. The number of carbonyl (C=O) groups excluding carboxylic acids is 1. The third-order valence-electron chi connectivity index (χ3n) is 4.04. The van der Waals surface area contributed by atoms with Gasteiger partial charge in [-0.25, -0.2) is 12.8 Å². The molecule has 0 aromatic heterocycles. The molecule has 0 aliphatic heterocycles. The fraction of sp³-hybridized carbons (Fsp3) is 0.533. The van der Waals surface area contributed by atoms with Crippen LogP contribution in [0, 0.1) is 11.7 Å². The smallest absolute Gasteiger partial charge is 0.166 e. The molecule has 0 bridgehead atoms. The second-order valence-corrected chi connectivity index (χ2v) is 7.85. The lowest BCUT2D eigenvalue weighted by Crippen LogP contribution is -2.31. The molecule has 4 nitrogen and oxygen atoms in total. The van der Waals surface area contributed by atoms with E-state index in [0.717, 1.165) is 0 Å². The number of sulfone groups is 1. The number of hydrogen-bond acceptors (Lipinski definition) is 4. The summed E-state index contributed by atoms with van der Waals surface area (Å²) >= 11 is 0. The molecule has 1 aromatic rings. The maximum atomic E-state index is 13.4. The molecule has 1 aliphatic rings. The van der Waals surface area contributed by atoms with Gasteiger partial charge in [0.25, 0.3) is 0 Å². The zero-order valence-electron chi connectivity index (χ0n) is 12.1. The van der Waals surface area contributed by atoms with Crippen molar-refractivity contribution in [1.82, 2.24) is 0 Å². The number of halogens is 1. The van der Waals surface area contributed by atoms with Crippen molar-refractivity contribution in [2.45, 2.75) is 30.9 Å². The predicted octanol–water partition coefficient (Wildman–Crippen LogP) is 2.62. The van der Waals surface area contributed by atoms with Crippen LogP contribution in [0.4, 0.5) is 4.39 Å². The summed E-state index contributed by atoms with van der Waals surface area (Å²) in [6.45, 7) is 0. The molecule has 2 unspecified atom stereocenters. The molecule has 0 amide bonds. The quantitative estimate of drug-likeness (QED) is 0.802. The van der Waals surface area contributed by atoms with Crippen molar-refractivity contribution >= 4 is 15.6 Å². The maximum Gasteiger partial charge on any atom is 0.166 e. The molecule has 2 rings (SSSR count). The Bertz CT molecular complexity index is 639. The lowest BCUT2D eigenvalue weighted by atomic mass is 9.83. The van der Waals surface area contributed by atoms with Crippen molar-refractivity contribution in [3.63, 3.8) is 0 Å². The second-order valence-electron chi connectivity index (χ2n) is 5.53. The average Bonchev–Trinajstić information content (AvgIpc) is 2.46. The summed E-state index contributed by atoms with van der Waals surface area (Å²) in [6, 6.07) is 3.99. The Hall–Kier alpha value is -1.43. The van der Waals surface area contributed by atoms with Gasteiger partial charge in [-0.05, 0) is 37.5 Å². The topological polar surface area (TPSA) is 60.4 Å². The normalized spacial score (nSPS) is 22.8. The summed E-state index contributed by atoms with van der Waals surface area (Å²) in [5.41, 5.74) is 0.368. The van der Waals surface area contributed by atoms with E-state index in [1.807, 2.05) is 0 Å². The zero-order valence-corrected chi connectivity index (χ0v) is 13.0. The summed E-state index contributed by atoms with van der Waals surface area (Å²) in [4.78, 5) is 12.5. The highest BCUT2D eigenvalue weighted by Crippen LogP contribution is 2.31. The van der Waals surface area contributed by atoms with Crippen LogP contribution in [-0.4, -0.2) is 32.8 Å². The fourth-order valence-corrected chi connectivity index (χ4v) is 4.00. The molecule has 1 aliphatic carbocycles. The van der Waals surface area contributed by atoms with Gasteiger partial charge in [0.1, 0.15) is 9.84 Å². The lowest BCUT2D eigenvalue weighted by molar-refractivity contribution is 0.0890. The molecule has 0 saturated heterocycles. The van der Waals surface area contributed by atoms with E-state index in [1.165, 1.54) is 31.6 Å². The number of rotatable bonds is 4. The van der Waals surface area contributed by atoms with Gasteiger partial charge >= 0.3 is 0 Å². The van der Waals surface area contributed by atoms with Crippen LogP contribution < -0.4 is 4.74 Å². The first kappa shape index (κ1) is 15.9. The van der Waals surface area contributed by atoms with Gasteiger partial charge in [-0.2, -0.15) is 0 Å². The van der Waals surface area contributed by atoms with Crippen LogP contribution in [0.3, 0.4) is 0 Å². The number of ether oxygens (including phenoxy) is 1. The number of carbonyl (C=O) groups is 1. The number of benzene rings is 1. The fourth-order valence-electron chi connectivity index (χ4n) is 2.82. The third-order valence-corrected chi connectivity index (χ3v) is 5.68.